The lowest BCUT2D eigenvalue weighted by Gasteiger charge is -2.01. The minimum absolute atomic E-state index is 0.118. The second kappa shape index (κ2) is 6.31. The topological polar surface area (TPSA) is 119 Å². The molecule has 112 valence electrons. The first-order valence-electron chi connectivity index (χ1n) is 5.84. The number of hydrogen-bond donors (Lipinski definition) is 1. The Bertz CT molecular complexity index is 791. The molecule has 0 spiro atoms. The lowest BCUT2D eigenvalue weighted by atomic mass is 10.2. The Hall–Kier alpha value is -2.81. The Labute approximate surface area is 132 Å². The number of benzene rings is 2. The van der Waals surface area contributed by atoms with Gasteiger partial charge >= 0.3 is 5.69 Å². The van der Waals surface area contributed by atoms with Crippen LogP contribution in [0.4, 0.5) is 17.1 Å². The molecule has 22 heavy (non-hydrogen) atoms. The Balaban J connectivity index is 2.40. The molecule has 2 aromatic carbocycles. The Kier molecular flexibility index (Phi) is 4.47. The molecule has 0 saturated carbocycles. The monoisotopic (exact) mass is 365 g/mol. The van der Waals surface area contributed by atoms with E-state index in [0.29, 0.717) is 4.47 Å². The standard InChI is InChI=1S/C13H8BrN3O5/c14-9-4-8(13(18)12(5-9)17(21)22)7-15-10-2-1-3-11(6-10)16(19)20/h1-7,18H. The molecule has 0 bridgehead atoms. The zero-order chi connectivity index (χ0) is 16.3. The van der Waals surface area contributed by atoms with E-state index in [4.69, 9.17) is 0 Å². The van der Waals surface area contributed by atoms with Crippen LogP contribution in [0.5, 0.6) is 5.75 Å². The van der Waals surface area contributed by atoms with Crippen molar-refractivity contribution in [3.63, 3.8) is 0 Å². The molecule has 0 aliphatic heterocycles. The number of nitro benzene ring substituents is 2. The molecule has 0 aromatic heterocycles. The molecule has 1 N–H and O–H groups in total. The summed E-state index contributed by atoms with van der Waals surface area (Å²) >= 11 is 3.11. The van der Waals surface area contributed by atoms with Gasteiger partial charge in [0.15, 0.2) is 0 Å². The van der Waals surface area contributed by atoms with Crippen LogP contribution in [0.25, 0.3) is 0 Å². The molecule has 0 atom stereocenters. The largest absolute Gasteiger partial charge is 0.502 e. The minimum atomic E-state index is -0.717. The van der Waals surface area contributed by atoms with Gasteiger partial charge in [0, 0.05) is 34.4 Å². The van der Waals surface area contributed by atoms with Crippen LogP contribution < -0.4 is 0 Å². The number of nitrogens with zero attached hydrogens (tertiary/aromatic N) is 3. The Morgan fingerprint density at radius 3 is 2.50 bits per heavy atom. The number of non-ortho nitro benzene ring substituents is 1. The summed E-state index contributed by atoms with van der Waals surface area (Å²) in [4.78, 5) is 24.2. The minimum Gasteiger partial charge on any atom is -0.502 e. The van der Waals surface area contributed by atoms with Crippen LogP contribution in [0.1, 0.15) is 5.56 Å². The number of aromatic hydroxyl groups is 1. The fraction of sp³-hybridized carbons (Fsp3) is 0. The van der Waals surface area contributed by atoms with Gasteiger partial charge in [-0.1, -0.05) is 22.0 Å². The van der Waals surface area contributed by atoms with Crippen molar-refractivity contribution < 1.29 is 15.0 Å². The van der Waals surface area contributed by atoms with Crippen molar-refractivity contribution in [1.82, 2.24) is 0 Å². The highest BCUT2D eigenvalue weighted by molar-refractivity contribution is 9.10. The van der Waals surface area contributed by atoms with Crippen molar-refractivity contribution in [2.75, 3.05) is 0 Å². The van der Waals surface area contributed by atoms with Gasteiger partial charge in [0.25, 0.3) is 5.69 Å². The number of rotatable bonds is 4. The summed E-state index contributed by atoms with van der Waals surface area (Å²) in [5.41, 5.74) is -0.183. The average molecular weight is 366 g/mol. The highest BCUT2D eigenvalue weighted by Crippen LogP contribution is 2.32. The third-order valence-electron chi connectivity index (χ3n) is 2.67. The van der Waals surface area contributed by atoms with Gasteiger partial charge in [-0.15, -0.1) is 0 Å². The van der Waals surface area contributed by atoms with Crippen LogP contribution in [0.2, 0.25) is 0 Å². The third kappa shape index (κ3) is 3.44. The van der Waals surface area contributed by atoms with E-state index in [1.807, 2.05) is 0 Å². The van der Waals surface area contributed by atoms with Gasteiger partial charge in [-0.25, -0.2) is 0 Å². The fourth-order valence-electron chi connectivity index (χ4n) is 1.67. The predicted molar refractivity (Wildman–Crippen MR) is 82.8 cm³/mol. The molecule has 9 heteroatoms. The third-order valence-corrected chi connectivity index (χ3v) is 3.13. The predicted octanol–water partition coefficient (Wildman–Crippen LogP) is 3.72. The van der Waals surface area contributed by atoms with Gasteiger partial charge in [0.1, 0.15) is 0 Å². The molecule has 0 aliphatic carbocycles. The van der Waals surface area contributed by atoms with Crippen molar-refractivity contribution in [2.24, 2.45) is 4.99 Å². The number of phenolic OH excluding ortho intramolecular Hbond substituents is 1. The maximum Gasteiger partial charge on any atom is 0.312 e. The van der Waals surface area contributed by atoms with Crippen LogP contribution in [-0.2, 0) is 0 Å². The van der Waals surface area contributed by atoms with Gasteiger partial charge < -0.3 is 5.11 Å². The zero-order valence-electron chi connectivity index (χ0n) is 10.8. The number of halogens is 1. The SMILES string of the molecule is O=[N+]([O-])c1cccc(N=Cc2cc(Br)cc([N+](=O)[O-])c2O)c1. The summed E-state index contributed by atoms with van der Waals surface area (Å²) in [6.45, 7) is 0. The highest BCUT2D eigenvalue weighted by atomic mass is 79.9. The van der Waals surface area contributed by atoms with Gasteiger partial charge in [-0.05, 0) is 12.1 Å². The molecular weight excluding hydrogens is 358 g/mol. The molecule has 2 rings (SSSR count). The lowest BCUT2D eigenvalue weighted by Crippen LogP contribution is -1.92. The smallest absolute Gasteiger partial charge is 0.312 e. The summed E-state index contributed by atoms with van der Waals surface area (Å²) < 4.78 is 0.400. The van der Waals surface area contributed by atoms with Gasteiger partial charge in [0.05, 0.1) is 15.5 Å². The number of nitro groups is 2. The molecule has 2 aromatic rings. The second-order valence-corrected chi connectivity index (χ2v) is 5.07. The van der Waals surface area contributed by atoms with E-state index in [1.165, 1.54) is 42.6 Å². The number of phenols is 1. The van der Waals surface area contributed by atoms with Crippen LogP contribution in [0.15, 0.2) is 45.9 Å². The summed E-state index contributed by atoms with van der Waals surface area (Å²) in [6, 6.07) is 8.19. The number of aliphatic imine (C=N–C) groups is 1. The molecule has 0 saturated heterocycles. The molecule has 0 radical (unpaired) electrons. The van der Waals surface area contributed by atoms with Gasteiger partial charge in [0.2, 0.25) is 5.75 Å². The maximum absolute atomic E-state index is 10.8. The van der Waals surface area contributed by atoms with E-state index in [2.05, 4.69) is 20.9 Å². The van der Waals surface area contributed by atoms with Gasteiger partial charge in [-0.2, -0.15) is 0 Å². The first kappa shape index (κ1) is 15.6. The van der Waals surface area contributed by atoms with Crippen LogP contribution in [-0.4, -0.2) is 21.2 Å². The van der Waals surface area contributed by atoms with Crippen LogP contribution in [0.3, 0.4) is 0 Å². The maximum atomic E-state index is 10.8. The van der Waals surface area contributed by atoms with E-state index in [-0.39, 0.29) is 16.9 Å². The first-order valence-corrected chi connectivity index (χ1v) is 6.63. The van der Waals surface area contributed by atoms with E-state index in [0.717, 1.165) is 0 Å². The molecule has 8 nitrogen and oxygen atoms in total. The fourth-order valence-corrected chi connectivity index (χ4v) is 2.14. The average Bonchev–Trinajstić information content (AvgIpc) is 2.47. The molecule has 0 amide bonds. The van der Waals surface area contributed by atoms with Crippen molar-refractivity contribution in [3.8, 4) is 5.75 Å². The van der Waals surface area contributed by atoms with E-state index in [1.54, 1.807) is 0 Å². The highest BCUT2D eigenvalue weighted by Gasteiger charge is 2.17. The van der Waals surface area contributed by atoms with E-state index in [9.17, 15) is 25.3 Å². The molecule has 0 unspecified atom stereocenters. The van der Waals surface area contributed by atoms with Crippen LogP contribution in [0, 0.1) is 20.2 Å². The Morgan fingerprint density at radius 2 is 1.86 bits per heavy atom. The molecular formula is C13H8BrN3O5. The summed E-state index contributed by atoms with van der Waals surface area (Å²) in [5.74, 6) is -0.526. The summed E-state index contributed by atoms with van der Waals surface area (Å²) in [6.07, 6.45) is 1.20. The Morgan fingerprint density at radius 1 is 1.14 bits per heavy atom. The van der Waals surface area contributed by atoms with Crippen molar-refractivity contribution >= 4 is 39.2 Å². The first-order chi connectivity index (χ1) is 10.4. The summed E-state index contributed by atoms with van der Waals surface area (Å²) in [7, 11) is 0. The van der Waals surface area contributed by atoms with Crippen molar-refractivity contribution in [1.29, 1.82) is 0 Å². The number of hydrogen-bond acceptors (Lipinski definition) is 6. The lowest BCUT2D eigenvalue weighted by molar-refractivity contribution is -0.386. The van der Waals surface area contributed by atoms with E-state index >= 15 is 0 Å². The quantitative estimate of drug-likeness (QED) is 0.502. The van der Waals surface area contributed by atoms with E-state index < -0.39 is 21.3 Å². The zero-order valence-corrected chi connectivity index (χ0v) is 12.4. The van der Waals surface area contributed by atoms with Gasteiger partial charge in [-0.3, -0.25) is 25.2 Å². The van der Waals surface area contributed by atoms with Crippen molar-refractivity contribution in [2.45, 2.75) is 0 Å². The second-order valence-electron chi connectivity index (χ2n) is 4.16. The molecule has 0 fully saturated rings. The molecule has 0 heterocycles. The molecule has 0 aliphatic rings. The van der Waals surface area contributed by atoms with Crippen LogP contribution >= 0.6 is 15.9 Å². The normalized spacial score (nSPS) is 10.8. The van der Waals surface area contributed by atoms with Crippen molar-refractivity contribution in [3.05, 3.63) is 66.7 Å². The summed E-state index contributed by atoms with van der Waals surface area (Å²) in [5, 5.41) is 31.3.